The molecular weight excluding hydrogens is 212 g/mol. The number of benzene rings is 1. The van der Waals surface area contributed by atoms with Crippen molar-refractivity contribution in [3.8, 4) is 0 Å². The van der Waals surface area contributed by atoms with Crippen LogP contribution in [0.1, 0.15) is 26.0 Å². The lowest BCUT2D eigenvalue weighted by Gasteiger charge is -2.18. The van der Waals surface area contributed by atoms with Crippen LogP contribution in [0, 0.1) is 5.41 Å². The second-order valence-electron chi connectivity index (χ2n) is 5.79. The molecule has 3 heteroatoms. The number of fused-ring (bicyclic) bond motifs is 1. The molecule has 1 saturated carbocycles. The first kappa shape index (κ1) is 10.8. The second-order valence-corrected chi connectivity index (χ2v) is 5.79. The largest absolute Gasteiger partial charge is 0.395 e. The summed E-state index contributed by atoms with van der Waals surface area (Å²) in [7, 11) is 1.97. The number of nitrogens with zero attached hydrogens (tertiary/aromatic N) is 2. The van der Waals surface area contributed by atoms with E-state index < -0.39 is 0 Å². The zero-order valence-electron chi connectivity index (χ0n) is 10.6. The average Bonchev–Trinajstić information content (AvgIpc) is 2.68. The Morgan fingerprint density at radius 1 is 1.35 bits per heavy atom. The normalized spacial score (nSPS) is 26.4. The SMILES string of the molecule is Cn1nc2ccccc2c1C1(CO)CC1(C)C. The van der Waals surface area contributed by atoms with E-state index in [0.29, 0.717) is 0 Å². The Hall–Kier alpha value is -1.35. The van der Waals surface area contributed by atoms with Gasteiger partial charge in [0.05, 0.1) is 17.8 Å². The molecule has 0 bridgehead atoms. The summed E-state index contributed by atoms with van der Waals surface area (Å²) >= 11 is 0. The number of hydrogen-bond acceptors (Lipinski definition) is 2. The molecule has 2 aromatic rings. The van der Waals surface area contributed by atoms with Gasteiger partial charge in [-0.15, -0.1) is 0 Å². The summed E-state index contributed by atoms with van der Waals surface area (Å²) in [6.07, 6.45) is 1.03. The van der Waals surface area contributed by atoms with Crippen LogP contribution in [-0.4, -0.2) is 21.5 Å². The van der Waals surface area contributed by atoms with Gasteiger partial charge in [0.2, 0.25) is 0 Å². The molecule has 1 atom stereocenters. The van der Waals surface area contributed by atoms with Gasteiger partial charge in [-0.3, -0.25) is 4.68 Å². The van der Waals surface area contributed by atoms with Crippen LogP contribution in [0.3, 0.4) is 0 Å². The van der Waals surface area contributed by atoms with E-state index in [1.54, 1.807) is 0 Å². The fourth-order valence-corrected chi connectivity index (χ4v) is 3.17. The van der Waals surface area contributed by atoms with Crippen molar-refractivity contribution in [2.24, 2.45) is 12.5 Å². The number of aromatic nitrogens is 2. The minimum atomic E-state index is -0.113. The number of rotatable bonds is 2. The van der Waals surface area contributed by atoms with Crippen molar-refractivity contribution < 1.29 is 5.11 Å². The highest BCUT2D eigenvalue weighted by atomic mass is 16.3. The van der Waals surface area contributed by atoms with Gasteiger partial charge in [-0.05, 0) is 17.9 Å². The lowest BCUT2D eigenvalue weighted by atomic mass is 9.91. The standard InChI is InChI=1S/C14H18N2O/c1-13(2)8-14(13,9-17)12-10-6-4-5-7-11(10)15-16(12)3/h4-7,17H,8-9H2,1-3H3. The molecule has 1 aromatic heterocycles. The van der Waals surface area contributed by atoms with Gasteiger partial charge in [0.1, 0.15) is 0 Å². The van der Waals surface area contributed by atoms with E-state index >= 15 is 0 Å². The highest BCUT2D eigenvalue weighted by Crippen LogP contribution is 2.64. The number of hydrogen-bond donors (Lipinski definition) is 1. The summed E-state index contributed by atoms with van der Waals surface area (Å²) in [4.78, 5) is 0. The van der Waals surface area contributed by atoms with E-state index in [1.807, 2.05) is 29.9 Å². The molecule has 1 unspecified atom stereocenters. The average molecular weight is 230 g/mol. The third-order valence-electron chi connectivity index (χ3n) is 4.38. The molecule has 0 spiro atoms. The molecule has 17 heavy (non-hydrogen) atoms. The molecule has 1 aromatic carbocycles. The summed E-state index contributed by atoms with van der Waals surface area (Å²) in [5.74, 6) is 0. The predicted octanol–water partition coefficient (Wildman–Crippen LogP) is 2.23. The Morgan fingerprint density at radius 3 is 2.59 bits per heavy atom. The highest BCUT2D eigenvalue weighted by molar-refractivity contribution is 5.83. The Balaban J connectivity index is 2.28. The lowest BCUT2D eigenvalue weighted by Crippen LogP contribution is -2.23. The van der Waals surface area contributed by atoms with Gasteiger partial charge in [0.25, 0.3) is 0 Å². The molecule has 0 amide bonds. The topological polar surface area (TPSA) is 38.0 Å². The zero-order valence-corrected chi connectivity index (χ0v) is 10.6. The number of aliphatic hydroxyl groups is 1. The summed E-state index contributed by atoms with van der Waals surface area (Å²) in [6, 6.07) is 8.17. The van der Waals surface area contributed by atoms with Gasteiger partial charge in [-0.1, -0.05) is 32.0 Å². The summed E-state index contributed by atoms with van der Waals surface area (Å²) < 4.78 is 1.94. The Labute approximate surface area is 101 Å². The first-order valence-electron chi connectivity index (χ1n) is 6.05. The van der Waals surface area contributed by atoms with Crippen LogP contribution >= 0.6 is 0 Å². The molecule has 1 fully saturated rings. The molecule has 3 nitrogen and oxygen atoms in total. The third-order valence-corrected chi connectivity index (χ3v) is 4.38. The van der Waals surface area contributed by atoms with Gasteiger partial charge in [-0.2, -0.15) is 5.10 Å². The Morgan fingerprint density at radius 2 is 2.00 bits per heavy atom. The van der Waals surface area contributed by atoms with E-state index in [4.69, 9.17) is 0 Å². The van der Waals surface area contributed by atoms with Gasteiger partial charge in [0.15, 0.2) is 0 Å². The van der Waals surface area contributed by atoms with E-state index in [9.17, 15) is 5.11 Å². The van der Waals surface area contributed by atoms with E-state index in [2.05, 4.69) is 25.0 Å². The van der Waals surface area contributed by atoms with E-state index in [-0.39, 0.29) is 17.4 Å². The van der Waals surface area contributed by atoms with Gasteiger partial charge >= 0.3 is 0 Å². The quantitative estimate of drug-likeness (QED) is 0.859. The molecule has 0 aliphatic heterocycles. The van der Waals surface area contributed by atoms with Crippen molar-refractivity contribution >= 4 is 10.9 Å². The smallest absolute Gasteiger partial charge is 0.0926 e. The molecular formula is C14H18N2O. The Kier molecular flexibility index (Phi) is 1.97. The van der Waals surface area contributed by atoms with Crippen LogP contribution in [0.2, 0.25) is 0 Å². The third kappa shape index (κ3) is 1.23. The van der Waals surface area contributed by atoms with Gasteiger partial charge < -0.3 is 5.11 Å². The molecule has 0 radical (unpaired) electrons. The monoisotopic (exact) mass is 230 g/mol. The van der Waals surface area contributed by atoms with Crippen molar-refractivity contribution in [3.63, 3.8) is 0 Å². The van der Waals surface area contributed by atoms with Gasteiger partial charge in [0, 0.05) is 17.8 Å². The fourth-order valence-electron chi connectivity index (χ4n) is 3.17. The van der Waals surface area contributed by atoms with E-state index in [1.165, 1.54) is 11.1 Å². The molecule has 3 rings (SSSR count). The first-order valence-corrected chi connectivity index (χ1v) is 6.05. The molecule has 1 aliphatic carbocycles. The lowest BCUT2D eigenvalue weighted by molar-refractivity contribution is 0.226. The molecule has 1 aliphatic rings. The van der Waals surface area contributed by atoms with Crippen LogP contribution < -0.4 is 0 Å². The van der Waals surface area contributed by atoms with Crippen molar-refractivity contribution in [2.75, 3.05) is 6.61 Å². The summed E-state index contributed by atoms with van der Waals surface area (Å²) in [5, 5.41) is 15.5. The summed E-state index contributed by atoms with van der Waals surface area (Å²) in [6.45, 7) is 4.62. The number of aliphatic hydroxyl groups excluding tert-OH is 1. The zero-order chi connectivity index (χ0) is 12.3. The predicted molar refractivity (Wildman–Crippen MR) is 67.9 cm³/mol. The maximum atomic E-state index is 9.81. The number of aryl methyl sites for hydroxylation is 1. The molecule has 1 heterocycles. The maximum Gasteiger partial charge on any atom is 0.0926 e. The van der Waals surface area contributed by atoms with Crippen LogP contribution in [-0.2, 0) is 12.5 Å². The van der Waals surface area contributed by atoms with Crippen LogP contribution in [0.4, 0.5) is 0 Å². The van der Waals surface area contributed by atoms with Crippen LogP contribution in [0.15, 0.2) is 24.3 Å². The molecule has 90 valence electrons. The van der Waals surface area contributed by atoms with Crippen molar-refractivity contribution in [3.05, 3.63) is 30.0 Å². The van der Waals surface area contributed by atoms with Crippen molar-refractivity contribution in [1.29, 1.82) is 0 Å². The highest BCUT2D eigenvalue weighted by Gasteiger charge is 2.63. The van der Waals surface area contributed by atoms with Crippen molar-refractivity contribution in [2.45, 2.75) is 25.7 Å². The van der Waals surface area contributed by atoms with E-state index in [0.717, 1.165) is 11.9 Å². The molecule has 1 N–H and O–H groups in total. The van der Waals surface area contributed by atoms with Crippen LogP contribution in [0.25, 0.3) is 10.9 Å². The Bertz CT molecular complexity index is 585. The first-order chi connectivity index (χ1) is 8.02. The van der Waals surface area contributed by atoms with Crippen molar-refractivity contribution in [1.82, 2.24) is 9.78 Å². The molecule has 0 saturated heterocycles. The van der Waals surface area contributed by atoms with Crippen LogP contribution in [0.5, 0.6) is 0 Å². The minimum Gasteiger partial charge on any atom is -0.395 e. The van der Waals surface area contributed by atoms with Gasteiger partial charge in [-0.25, -0.2) is 0 Å². The maximum absolute atomic E-state index is 9.81. The fraction of sp³-hybridized carbons (Fsp3) is 0.500. The second kappa shape index (κ2) is 3.10. The minimum absolute atomic E-state index is 0.113. The summed E-state index contributed by atoms with van der Waals surface area (Å²) in [5.41, 5.74) is 2.25.